The maximum Gasteiger partial charge on any atom is 0.264 e. The molecule has 3 rings (SSSR count). The number of carbonyl (C=O) groups excluding carboxylic acids is 2. The molecule has 1 unspecified atom stereocenters. The number of rotatable bonds is 13. The Bertz CT molecular complexity index is 1390. The highest BCUT2D eigenvalue weighted by Crippen LogP contribution is 2.26. The van der Waals surface area contributed by atoms with E-state index in [1.165, 1.54) is 17.0 Å². The first-order valence-electron chi connectivity index (χ1n) is 13.8. The van der Waals surface area contributed by atoms with E-state index in [9.17, 15) is 18.0 Å². The van der Waals surface area contributed by atoms with Gasteiger partial charge >= 0.3 is 0 Å². The second-order valence-corrected chi connectivity index (χ2v) is 12.6. The lowest BCUT2D eigenvalue weighted by atomic mass is 10.0. The predicted molar refractivity (Wildman–Crippen MR) is 162 cm³/mol. The van der Waals surface area contributed by atoms with Crippen LogP contribution in [0.5, 0.6) is 5.75 Å². The summed E-state index contributed by atoms with van der Waals surface area (Å²) in [6.45, 7) is 9.85. The molecule has 0 radical (unpaired) electrons. The third-order valence-electron chi connectivity index (χ3n) is 6.82. The summed E-state index contributed by atoms with van der Waals surface area (Å²) in [6, 6.07) is 21.6. The molecular formula is C32H41N3O5S. The van der Waals surface area contributed by atoms with Crippen LogP contribution in [-0.2, 0) is 26.2 Å². The van der Waals surface area contributed by atoms with Gasteiger partial charge in [-0.15, -0.1) is 0 Å². The van der Waals surface area contributed by atoms with Crippen molar-refractivity contribution in [3.63, 3.8) is 0 Å². The van der Waals surface area contributed by atoms with Gasteiger partial charge in [0.1, 0.15) is 18.3 Å². The second-order valence-electron chi connectivity index (χ2n) is 10.8. The maximum absolute atomic E-state index is 14.0. The number of benzene rings is 3. The maximum atomic E-state index is 14.0. The van der Waals surface area contributed by atoms with E-state index in [1.54, 1.807) is 56.5 Å². The van der Waals surface area contributed by atoms with Gasteiger partial charge in [-0.25, -0.2) is 8.42 Å². The fourth-order valence-corrected chi connectivity index (χ4v) is 5.67. The molecule has 0 saturated heterocycles. The van der Waals surface area contributed by atoms with Gasteiger partial charge in [0.15, 0.2) is 0 Å². The molecule has 0 spiro atoms. The molecule has 3 aromatic rings. The van der Waals surface area contributed by atoms with Crippen molar-refractivity contribution < 1.29 is 22.7 Å². The van der Waals surface area contributed by atoms with E-state index in [0.717, 1.165) is 15.4 Å². The van der Waals surface area contributed by atoms with Gasteiger partial charge in [-0.2, -0.15) is 0 Å². The Kier molecular flexibility index (Phi) is 10.9. The number of methoxy groups -OCH3 is 1. The molecule has 0 heterocycles. The van der Waals surface area contributed by atoms with Gasteiger partial charge in [-0.05, 0) is 66.3 Å². The number of hydrogen-bond donors (Lipinski definition) is 1. The third-order valence-corrected chi connectivity index (χ3v) is 8.61. The van der Waals surface area contributed by atoms with Crippen molar-refractivity contribution >= 4 is 27.5 Å². The standard InChI is InChI=1S/C32H41N3O5S/c1-23(2)20-33-32(37)25(5)34(21-26-12-18-29(40-6)19-13-26)31(36)22-35(28-16-14-27(15-17-28)24(3)4)41(38,39)30-10-8-7-9-11-30/h7-19,23-25H,20-22H2,1-6H3,(H,33,37). The number of sulfonamides is 1. The second kappa shape index (κ2) is 14.2. The normalized spacial score (nSPS) is 12.2. The minimum absolute atomic E-state index is 0.0742. The first-order chi connectivity index (χ1) is 19.4. The number of ether oxygens (including phenoxy) is 1. The summed E-state index contributed by atoms with van der Waals surface area (Å²) in [5.41, 5.74) is 2.20. The molecule has 8 nitrogen and oxygen atoms in total. The van der Waals surface area contributed by atoms with E-state index in [0.29, 0.717) is 18.0 Å². The highest BCUT2D eigenvalue weighted by molar-refractivity contribution is 7.92. The van der Waals surface area contributed by atoms with Crippen molar-refractivity contribution in [2.45, 2.75) is 58.0 Å². The van der Waals surface area contributed by atoms with E-state index in [-0.39, 0.29) is 29.2 Å². The van der Waals surface area contributed by atoms with Crippen molar-refractivity contribution in [3.05, 3.63) is 90.0 Å². The molecule has 9 heteroatoms. The van der Waals surface area contributed by atoms with Crippen molar-refractivity contribution in [2.75, 3.05) is 24.5 Å². The quantitative estimate of drug-likeness (QED) is 0.300. The van der Waals surface area contributed by atoms with Crippen molar-refractivity contribution in [3.8, 4) is 5.75 Å². The number of amides is 2. The van der Waals surface area contributed by atoms with Crippen LogP contribution in [0.4, 0.5) is 5.69 Å². The number of carbonyl (C=O) groups is 2. The highest BCUT2D eigenvalue weighted by atomic mass is 32.2. The zero-order chi connectivity index (χ0) is 30.2. The average Bonchev–Trinajstić information content (AvgIpc) is 2.97. The minimum Gasteiger partial charge on any atom is -0.497 e. The summed E-state index contributed by atoms with van der Waals surface area (Å²) in [7, 11) is -2.53. The summed E-state index contributed by atoms with van der Waals surface area (Å²) >= 11 is 0. The lowest BCUT2D eigenvalue weighted by Gasteiger charge is -2.32. The zero-order valence-electron chi connectivity index (χ0n) is 24.7. The topological polar surface area (TPSA) is 96.0 Å². The molecule has 0 aliphatic rings. The van der Waals surface area contributed by atoms with Gasteiger partial charge in [0.25, 0.3) is 10.0 Å². The smallest absolute Gasteiger partial charge is 0.264 e. The molecule has 0 aliphatic carbocycles. The Morgan fingerprint density at radius 1 is 0.854 bits per heavy atom. The van der Waals surface area contributed by atoms with Crippen LogP contribution < -0.4 is 14.4 Å². The van der Waals surface area contributed by atoms with Crippen LogP contribution in [0, 0.1) is 5.92 Å². The summed E-state index contributed by atoms with van der Waals surface area (Å²) < 4.78 is 34.1. The summed E-state index contributed by atoms with van der Waals surface area (Å²) in [4.78, 5) is 28.6. The Morgan fingerprint density at radius 2 is 1.46 bits per heavy atom. The van der Waals surface area contributed by atoms with Gasteiger partial charge in [-0.3, -0.25) is 13.9 Å². The first kappa shape index (κ1) is 31.7. The predicted octanol–water partition coefficient (Wildman–Crippen LogP) is 5.20. The third kappa shape index (κ3) is 8.33. The van der Waals surface area contributed by atoms with Crippen LogP contribution >= 0.6 is 0 Å². The van der Waals surface area contributed by atoms with E-state index in [4.69, 9.17) is 4.74 Å². The van der Waals surface area contributed by atoms with Gasteiger partial charge in [0, 0.05) is 13.1 Å². The van der Waals surface area contributed by atoms with Gasteiger partial charge in [0.05, 0.1) is 17.7 Å². The number of anilines is 1. The van der Waals surface area contributed by atoms with E-state index < -0.39 is 28.5 Å². The zero-order valence-corrected chi connectivity index (χ0v) is 25.5. The van der Waals surface area contributed by atoms with Crippen LogP contribution in [0.25, 0.3) is 0 Å². The molecule has 0 aliphatic heterocycles. The molecule has 3 aromatic carbocycles. The highest BCUT2D eigenvalue weighted by Gasteiger charge is 2.32. The minimum atomic E-state index is -4.10. The molecule has 0 fully saturated rings. The Morgan fingerprint density at radius 3 is 2.00 bits per heavy atom. The molecule has 41 heavy (non-hydrogen) atoms. The van der Waals surface area contributed by atoms with Gasteiger partial charge in [0.2, 0.25) is 11.8 Å². The molecule has 220 valence electrons. The molecule has 1 N–H and O–H groups in total. The Balaban J connectivity index is 2.01. The Hall–Kier alpha value is -3.85. The van der Waals surface area contributed by atoms with Gasteiger partial charge in [-0.1, -0.05) is 70.2 Å². The number of hydrogen-bond acceptors (Lipinski definition) is 5. The first-order valence-corrected chi connectivity index (χ1v) is 15.3. The van der Waals surface area contributed by atoms with Crippen LogP contribution in [0.1, 0.15) is 51.7 Å². The fourth-order valence-electron chi connectivity index (χ4n) is 4.24. The molecule has 0 aromatic heterocycles. The summed E-state index contributed by atoms with van der Waals surface area (Å²) in [5.74, 6) is 0.353. The van der Waals surface area contributed by atoms with Crippen molar-refractivity contribution in [1.29, 1.82) is 0 Å². The van der Waals surface area contributed by atoms with Crippen molar-refractivity contribution in [1.82, 2.24) is 10.2 Å². The van der Waals surface area contributed by atoms with E-state index >= 15 is 0 Å². The molecule has 1 atom stereocenters. The van der Waals surface area contributed by atoms with Crippen LogP contribution in [0.2, 0.25) is 0 Å². The summed E-state index contributed by atoms with van der Waals surface area (Å²) in [6.07, 6.45) is 0. The lowest BCUT2D eigenvalue weighted by Crippen LogP contribution is -2.51. The Labute approximate surface area is 244 Å². The van der Waals surface area contributed by atoms with Crippen LogP contribution in [-0.4, -0.2) is 51.4 Å². The monoisotopic (exact) mass is 579 g/mol. The van der Waals surface area contributed by atoms with E-state index in [2.05, 4.69) is 19.2 Å². The fraction of sp³-hybridized carbons (Fsp3) is 0.375. The molecule has 2 amide bonds. The molecular weight excluding hydrogens is 538 g/mol. The SMILES string of the molecule is COc1ccc(CN(C(=O)CN(c2ccc(C(C)C)cc2)S(=O)(=O)c2ccccc2)C(C)C(=O)NCC(C)C)cc1. The number of nitrogens with one attached hydrogen (secondary N) is 1. The largest absolute Gasteiger partial charge is 0.497 e. The van der Waals surface area contributed by atoms with Crippen molar-refractivity contribution in [2.24, 2.45) is 5.92 Å². The molecule has 0 saturated carbocycles. The van der Waals surface area contributed by atoms with Gasteiger partial charge < -0.3 is 15.0 Å². The number of nitrogens with zero attached hydrogens (tertiary/aromatic N) is 2. The lowest BCUT2D eigenvalue weighted by molar-refractivity contribution is -0.139. The van der Waals surface area contributed by atoms with Crippen LogP contribution in [0.3, 0.4) is 0 Å². The van der Waals surface area contributed by atoms with Crippen LogP contribution in [0.15, 0.2) is 83.8 Å². The summed E-state index contributed by atoms with van der Waals surface area (Å²) in [5, 5.41) is 2.89. The molecule has 0 bridgehead atoms. The van der Waals surface area contributed by atoms with E-state index in [1.807, 2.05) is 38.1 Å². The average molecular weight is 580 g/mol.